The molecule has 0 aromatic heterocycles. The predicted molar refractivity (Wildman–Crippen MR) is 70.4 cm³/mol. The van der Waals surface area contributed by atoms with Crippen LogP contribution in [0.15, 0.2) is 42.0 Å². The third-order valence-electron chi connectivity index (χ3n) is 2.58. The maximum Gasteiger partial charge on any atom is 0.246 e. The van der Waals surface area contributed by atoms with Gasteiger partial charge in [-0.3, -0.25) is 4.79 Å². The van der Waals surface area contributed by atoms with Gasteiger partial charge >= 0.3 is 0 Å². The topological polar surface area (TPSA) is 55.1 Å². The molecule has 92 valence electrons. The van der Waals surface area contributed by atoms with E-state index >= 15 is 0 Å². The van der Waals surface area contributed by atoms with Crippen molar-refractivity contribution in [2.45, 2.75) is 26.3 Å². The SMILES string of the molecule is CCC=C(C)C(=O)NCC(N)c1ccccc1. The number of allylic oxidation sites excluding steroid dienone is 1. The number of carbonyl (C=O) groups is 1. The summed E-state index contributed by atoms with van der Waals surface area (Å²) in [7, 11) is 0. The molecule has 1 amide bonds. The van der Waals surface area contributed by atoms with Crippen molar-refractivity contribution >= 4 is 5.91 Å². The van der Waals surface area contributed by atoms with Crippen molar-refractivity contribution in [1.29, 1.82) is 0 Å². The number of hydrogen-bond donors (Lipinski definition) is 2. The summed E-state index contributed by atoms with van der Waals surface area (Å²) < 4.78 is 0. The number of amides is 1. The number of carbonyl (C=O) groups excluding carboxylic acids is 1. The summed E-state index contributed by atoms with van der Waals surface area (Å²) in [5.74, 6) is -0.0433. The zero-order valence-electron chi connectivity index (χ0n) is 10.4. The van der Waals surface area contributed by atoms with Crippen molar-refractivity contribution in [3.63, 3.8) is 0 Å². The Morgan fingerprint density at radius 1 is 1.41 bits per heavy atom. The van der Waals surface area contributed by atoms with Gasteiger partial charge in [0.25, 0.3) is 0 Å². The summed E-state index contributed by atoms with van der Waals surface area (Å²) >= 11 is 0. The van der Waals surface area contributed by atoms with E-state index in [1.165, 1.54) is 0 Å². The molecule has 0 aliphatic carbocycles. The van der Waals surface area contributed by atoms with Crippen LogP contribution in [0.1, 0.15) is 31.9 Å². The molecule has 0 aliphatic rings. The van der Waals surface area contributed by atoms with Crippen LogP contribution >= 0.6 is 0 Å². The molecule has 1 aromatic carbocycles. The minimum atomic E-state index is -0.158. The van der Waals surface area contributed by atoms with E-state index in [1.807, 2.05) is 50.3 Å². The Hall–Kier alpha value is -1.61. The molecule has 0 radical (unpaired) electrons. The number of nitrogens with one attached hydrogen (secondary N) is 1. The van der Waals surface area contributed by atoms with E-state index in [1.54, 1.807) is 0 Å². The van der Waals surface area contributed by atoms with Crippen molar-refractivity contribution in [1.82, 2.24) is 5.32 Å². The maximum absolute atomic E-state index is 11.6. The van der Waals surface area contributed by atoms with Crippen LogP contribution in [-0.2, 0) is 4.79 Å². The molecule has 0 fully saturated rings. The minimum Gasteiger partial charge on any atom is -0.350 e. The molecule has 1 rings (SSSR count). The predicted octanol–water partition coefficient (Wildman–Crippen LogP) is 2.16. The molecule has 17 heavy (non-hydrogen) atoms. The van der Waals surface area contributed by atoms with Crippen molar-refractivity contribution in [3.8, 4) is 0 Å². The summed E-state index contributed by atoms with van der Waals surface area (Å²) in [5, 5.41) is 2.83. The first kappa shape index (κ1) is 13.5. The van der Waals surface area contributed by atoms with Gasteiger partial charge < -0.3 is 11.1 Å². The number of nitrogens with two attached hydrogens (primary N) is 1. The van der Waals surface area contributed by atoms with Gasteiger partial charge in [-0.25, -0.2) is 0 Å². The molecule has 1 aromatic rings. The third kappa shape index (κ3) is 4.41. The molecule has 0 spiro atoms. The zero-order chi connectivity index (χ0) is 12.7. The maximum atomic E-state index is 11.6. The van der Waals surface area contributed by atoms with Crippen LogP contribution in [0.5, 0.6) is 0 Å². The van der Waals surface area contributed by atoms with Gasteiger partial charge in [0.2, 0.25) is 5.91 Å². The average Bonchev–Trinajstić information content (AvgIpc) is 2.36. The second-order valence-corrected chi connectivity index (χ2v) is 4.02. The van der Waals surface area contributed by atoms with Gasteiger partial charge in [-0.15, -0.1) is 0 Å². The van der Waals surface area contributed by atoms with Gasteiger partial charge in [0.05, 0.1) is 0 Å². The lowest BCUT2D eigenvalue weighted by atomic mass is 10.1. The summed E-state index contributed by atoms with van der Waals surface area (Å²) in [5.41, 5.74) is 7.76. The Morgan fingerprint density at radius 2 is 2.06 bits per heavy atom. The second-order valence-electron chi connectivity index (χ2n) is 4.02. The second kappa shape index (κ2) is 6.86. The minimum absolute atomic E-state index is 0.0433. The largest absolute Gasteiger partial charge is 0.350 e. The monoisotopic (exact) mass is 232 g/mol. The molecule has 3 heteroatoms. The number of hydrogen-bond acceptors (Lipinski definition) is 2. The highest BCUT2D eigenvalue weighted by molar-refractivity contribution is 5.92. The van der Waals surface area contributed by atoms with Crippen LogP contribution < -0.4 is 11.1 Å². The standard InChI is InChI=1S/C14H20N2O/c1-3-7-11(2)14(17)16-10-13(15)12-8-5-4-6-9-12/h4-9,13H,3,10,15H2,1-2H3,(H,16,17). The fraction of sp³-hybridized carbons (Fsp3) is 0.357. The summed E-state index contributed by atoms with van der Waals surface area (Å²) in [4.78, 5) is 11.6. The molecule has 0 bridgehead atoms. The molecular weight excluding hydrogens is 212 g/mol. The summed E-state index contributed by atoms with van der Waals surface area (Å²) in [6.45, 7) is 4.27. The molecule has 0 aliphatic heterocycles. The van der Waals surface area contributed by atoms with E-state index < -0.39 is 0 Å². The summed E-state index contributed by atoms with van der Waals surface area (Å²) in [6, 6.07) is 9.60. The van der Waals surface area contributed by atoms with Crippen LogP contribution in [0.25, 0.3) is 0 Å². The van der Waals surface area contributed by atoms with Crippen molar-refractivity contribution in [3.05, 3.63) is 47.5 Å². The molecule has 0 saturated carbocycles. The van der Waals surface area contributed by atoms with Crippen LogP contribution in [0, 0.1) is 0 Å². The van der Waals surface area contributed by atoms with Crippen LogP contribution in [0.4, 0.5) is 0 Å². The molecule has 3 N–H and O–H groups in total. The lowest BCUT2D eigenvalue weighted by Crippen LogP contribution is -2.32. The van der Waals surface area contributed by atoms with E-state index in [9.17, 15) is 4.79 Å². The molecule has 3 nitrogen and oxygen atoms in total. The normalized spacial score (nSPS) is 13.2. The fourth-order valence-corrected chi connectivity index (χ4v) is 1.56. The van der Waals surface area contributed by atoms with Gasteiger partial charge in [-0.1, -0.05) is 43.3 Å². The molecule has 0 saturated heterocycles. The highest BCUT2D eigenvalue weighted by Crippen LogP contribution is 2.08. The van der Waals surface area contributed by atoms with Crippen LogP contribution in [0.3, 0.4) is 0 Å². The van der Waals surface area contributed by atoms with E-state index in [0.717, 1.165) is 17.6 Å². The molecule has 1 atom stereocenters. The van der Waals surface area contributed by atoms with E-state index in [4.69, 9.17) is 5.73 Å². The first-order valence-electron chi connectivity index (χ1n) is 5.90. The Labute approximate surface area is 103 Å². The van der Waals surface area contributed by atoms with E-state index in [2.05, 4.69) is 5.32 Å². The highest BCUT2D eigenvalue weighted by atomic mass is 16.1. The van der Waals surface area contributed by atoms with Crippen molar-refractivity contribution in [2.75, 3.05) is 6.54 Å². The van der Waals surface area contributed by atoms with Gasteiger partial charge in [0, 0.05) is 18.2 Å². The van der Waals surface area contributed by atoms with Crippen LogP contribution in [0.2, 0.25) is 0 Å². The Kier molecular flexibility index (Phi) is 5.43. The smallest absolute Gasteiger partial charge is 0.246 e. The van der Waals surface area contributed by atoms with E-state index in [-0.39, 0.29) is 11.9 Å². The highest BCUT2D eigenvalue weighted by Gasteiger charge is 2.08. The lowest BCUT2D eigenvalue weighted by Gasteiger charge is -2.13. The van der Waals surface area contributed by atoms with Crippen molar-refractivity contribution < 1.29 is 4.79 Å². The lowest BCUT2D eigenvalue weighted by molar-refractivity contribution is -0.117. The van der Waals surface area contributed by atoms with E-state index in [0.29, 0.717) is 6.54 Å². The van der Waals surface area contributed by atoms with Gasteiger partial charge in [-0.05, 0) is 18.9 Å². The Balaban J connectivity index is 2.46. The zero-order valence-corrected chi connectivity index (χ0v) is 10.4. The molecular formula is C14H20N2O. The van der Waals surface area contributed by atoms with Gasteiger partial charge in [0.15, 0.2) is 0 Å². The van der Waals surface area contributed by atoms with Gasteiger partial charge in [0.1, 0.15) is 0 Å². The first-order chi connectivity index (χ1) is 8.15. The quantitative estimate of drug-likeness (QED) is 0.764. The molecule has 0 heterocycles. The Bertz CT molecular complexity index is 384. The third-order valence-corrected chi connectivity index (χ3v) is 2.58. The average molecular weight is 232 g/mol. The number of benzene rings is 1. The Morgan fingerprint density at radius 3 is 2.65 bits per heavy atom. The summed E-state index contributed by atoms with van der Waals surface area (Å²) in [6.07, 6.45) is 2.77. The molecule has 1 unspecified atom stereocenters. The first-order valence-corrected chi connectivity index (χ1v) is 5.90. The van der Waals surface area contributed by atoms with Crippen molar-refractivity contribution in [2.24, 2.45) is 5.73 Å². The number of rotatable bonds is 5. The van der Waals surface area contributed by atoms with Crippen LogP contribution in [-0.4, -0.2) is 12.5 Å². The van der Waals surface area contributed by atoms with Gasteiger partial charge in [-0.2, -0.15) is 0 Å². The fourth-order valence-electron chi connectivity index (χ4n) is 1.56.